The maximum absolute atomic E-state index is 12.7. The van der Waals surface area contributed by atoms with Crippen molar-refractivity contribution in [2.45, 2.75) is 109 Å². The summed E-state index contributed by atoms with van der Waals surface area (Å²) in [6.07, 6.45) is 20.0. The summed E-state index contributed by atoms with van der Waals surface area (Å²) < 4.78 is 0. The molecule has 0 spiro atoms. The highest BCUT2D eigenvalue weighted by Gasteiger charge is 2.35. The van der Waals surface area contributed by atoms with E-state index in [0.717, 1.165) is 37.6 Å². The molecule has 0 bridgehead atoms. The third kappa shape index (κ3) is 5.77. The highest BCUT2D eigenvalue weighted by atomic mass is 32.1. The number of likely N-dealkylation sites (tertiary alicyclic amines) is 1. The average Bonchev–Trinajstić information content (AvgIpc) is 2.66. The van der Waals surface area contributed by atoms with Crippen molar-refractivity contribution in [3.63, 3.8) is 0 Å². The minimum atomic E-state index is 0.409. The van der Waals surface area contributed by atoms with Gasteiger partial charge in [-0.1, -0.05) is 57.2 Å². The standard InChI is InChI=1S/C22H37NOS/c24-22(23-17-7-11-19-10-4-5-13-21(19)23)14-6-12-20(25)16-15-18-8-2-1-3-9-18/h18-19,21H,1-17H2. The summed E-state index contributed by atoms with van der Waals surface area (Å²) in [5.41, 5.74) is 0. The predicted octanol–water partition coefficient (Wildman–Crippen LogP) is 6.07. The van der Waals surface area contributed by atoms with Gasteiger partial charge in [0.2, 0.25) is 5.91 Å². The van der Waals surface area contributed by atoms with Crippen LogP contribution in [0.25, 0.3) is 0 Å². The number of carbonyl (C=O) groups is 1. The first-order valence-electron chi connectivity index (χ1n) is 11.0. The molecule has 1 amide bonds. The van der Waals surface area contributed by atoms with Crippen LogP contribution in [-0.4, -0.2) is 28.3 Å². The maximum Gasteiger partial charge on any atom is 0.222 e. The minimum Gasteiger partial charge on any atom is -0.339 e. The first-order chi connectivity index (χ1) is 12.2. The highest BCUT2D eigenvalue weighted by molar-refractivity contribution is 7.80. The summed E-state index contributed by atoms with van der Waals surface area (Å²) in [5, 5.41) is 0. The second-order valence-corrected chi connectivity index (χ2v) is 9.35. The fourth-order valence-corrected chi connectivity index (χ4v) is 5.74. The van der Waals surface area contributed by atoms with Gasteiger partial charge in [-0.15, -0.1) is 0 Å². The average molecular weight is 364 g/mol. The third-order valence-corrected chi connectivity index (χ3v) is 7.37. The largest absolute Gasteiger partial charge is 0.339 e. The number of rotatable bonds is 7. The zero-order chi connectivity index (χ0) is 17.5. The molecule has 2 atom stereocenters. The molecule has 2 unspecified atom stereocenters. The normalized spacial score (nSPS) is 27.8. The van der Waals surface area contributed by atoms with Crippen LogP contribution in [0, 0.1) is 11.8 Å². The minimum absolute atomic E-state index is 0.409. The topological polar surface area (TPSA) is 20.3 Å². The molecule has 25 heavy (non-hydrogen) atoms. The zero-order valence-corrected chi connectivity index (χ0v) is 16.8. The van der Waals surface area contributed by atoms with Crippen molar-refractivity contribution in [2.75, 3.05) is 6.54 Å². The fraction of sp³-hybridized carbons (Fsp3) is 0.909. The van der Waals surface area contributed by atoms with Gasteiger partial charge in [0.15, 0.2) is 0 Å². The van der Waals surface area contributed by atoms with Crippen LogP contribution in [0.3, 0.4) is 0 Å². The van der Waals surface area contributed by atoms with Gasteiger partial charge in [-0.05, 0) is 68.1 Å². The van der Waals surface area contributed by atoms with Gasteiger partial charge in [0.05, 0.1) is 0 Å². The summed E-state index contributed by atoms with van der Waals surface area (Å²) in [6.45, 7) is 1.01. The summed E-state index contributed by atoms with van der Waals surface area (Å²) in [7, 11) is 0. The third-order valence-electron chi connectivity index (χ3n) is 6.97. The molecule has 0 aromatic heterocycles. The number of carbonyl (C=O) groups excluding carboxylic acids is 1. The van der Waals surface area contributed by atoms with E-state index in [0.29, 0.717) is 18.4 Å². The summed E-state index contributed by atoms with van der Waals surface area (Å²) in [6, 6.07) is 0.563. The molecule has 142 valence electrons. The molecular weight excluding hydrogens is 326 g/mol. The van der Waals surface area contributed by atoms with Crippen LogP contribution < -0.4 is 0 Å². The van der Waals surface area contributed by atoms with E-state index in [9.17, 15) is 4.79 Å². The molecule has 3 heteroatoms. The van der Waals surface area contributed by atoms with Crippen LogP contribution in [0.1, 0.15) is 103 Å². The van der Waals surface area contributed by atoms with Gasteiger partial charge in [0.25, 0.3) is 0 Å². The molecule has 0 aromatic carbocycles. The van der Waals surface area contributed by atoms with E-state index >= 15 is 0 Å². The van der Waals surface area contributed by atoms with Crippen molar-refractivity contribution in [1.29, 1.82) is 0 Å². The number of thiocarbonyl (C=S) groups is 1. The Hall–Kier alpha value is -0.440. The lowest BCUT2D eigenvalue weighted by Gasteiger charge is -2.44. The van der Waals surface area contributed by atoms with Crippen molar-refractivity contribution in [1.82, 2.24) is 4.90 Å². The summed E-state index contributed by atoms with van der Waals surface area (Å²) in [4.78, 5) is 16.2. The van der Waals surface area contributed by atoms with Crippen LogP contribution in [0.15, 0.2) is 0 Å². The van der Waals surface area contributed by atoms with Crippen molar-refractivity contribution < 1.29 is 4.79 Å². The van der Waals surface area contributed by atoms with Gasteiger partial charge >= 0.3 is 0 Å². The lowest BCUT2D eigenvalue weighted by atomic mass is 9.78. The van der Waals surface area contributed by atoms with Gasteiger partial charge in [0, 0.05) is 19.0 Å². The Bertz CT molecular complexity index is 441. The quantitative estimate of drug-likeness (QED) is 0.512. The number of piperidine rings is 1. The van der Waals surface area contributed by atoms with Crippen molar-refractivity contribution >= 4 is 23.0 Å². The molecule has 0 N–H and O–H groups in total. The molecule has 1 aliphatic heterocycles. The van der Waals surface area contributed by atoms with E-state index < -0.39 is 0 Å². The van der Waals surface area contributed by atoms with E-state index in [-0.39, 0.29) is 0 Å². The molecule has 2 nitrogen and oxygen atoms in total. The van der Waals surface area contributed by atoms with Gasteiger partial charge in [-0.2, -0.15) is 0 Å². The molecule has 1 heterocycles. The highest BCUT2D eigenvalue weighted by Crippen LogP contribution is 2.35. The van der Waals surface area contributed by atoms with E-state index in [4.69, 9.17) is 12.2 Å². The SMILES string of the molecule is O=C(CCCC(=S)CCC1CCCCC1)N1CCCC2CCCCC21. The predicted molar refractivity (Wildman–Crippen MR) is 109 cm³/mol. The van der Waals surface area contributed by atoms with Gasteiger partial charge in [-0.25, -0.2) is 0 Å². The van der Waals surface area contributed by atoms with Crippen molar-refractivity contribution in [3.05, 3.63) is 0 Å². The number of amides is 1. The van der Waals surface area contributed by atoms with Crippen molar-refractivity contribution in [3.8, 4) is 0 Å². The second-order valence-electron chi connectivity index (χ2n) is 8.78. The van der Waals surface area contributed by atoms with E-state index in [2.05, 4.69) is 4.90 Å². The molecule has 2 saturated carbocycles. The number of fused-ring (bicyclic) bond motifs is 1. The Kier molecular flexibility index (Phi) is 7.76. The smallest absolute Gasteiger partial charge is 0.222 e. The lowest BCUT2D eigenvalue weighted by Crippen LogP contribution is -2.49. The Morgan fingerprint density at radius 3 is 2.40 bits per heavy atom. The van der Waals surface area contributed by atoms with Crippen molar-refractivity contribution in [2.24, 2.45) is 11.8 Å². The number of hydrogen-bond donors (Lipinski definition) is 0. The number of nitrogens with zero attached hydrogens (tertiary/aromatic N) is 1. The Morgan fingerprint density at radius 1 is 0.840 bits per heavy atom. The molecular formula is C22H37NOS. The lowest BCUT2D eigenvalue weighted by molar-refractivity contribution is -0.137. The number of hydrogen-bond acceptors (Lipinski definition) is 2. The zero-order valence-electron chi connectivity index (χ0n) is 16.0. The molecule has 1 saturated heterocycles. The molecule has 0 radical (unpaired) electrons. The van der Waals surface area contributed by atoms with Crippen LogP contribution >= 0.6 is 12.2 Å². The van der Waals surface area contributed by atoms with Crippen LogP contribution in [0.2, 0.25) is 0 Å². The molecule has 2 aliphatic carbocycles. The Morgan fingerprint density at radius 2 is 1.56 bits per heavy atom. The van der Waals surface area contributed by atoms with E-state index in [1.165, 1.54) is 81.9 Å². The van der Waals surface area contributed by atoms with E-state index in [1.54, 1.807) is 0 Å². The fourth-order valence-electron chi connectivity index (χ4n) is 5.48. The molecule has 3 fully saturated rings. The van der Waals surface area contributed by atoms with Crippen LogP contribution in [0.5, 0.6) is 0 Å². The molecule has 0 aromatic rings. The van der Waals surface area contributed by atoms with Gasteiger partial charge in [-0.3, -0.25) is 4.79 Å². The first-order valence-corrected chi connectivity index (χ1v) is 11.5. The van der Waals surface area contributed by atoms with Crippen LogP contribution in [0.4, 0.5) is 0 Å². The molecule has 3 aliphatic rings. The van der Waals surface area contributed by atoms with Gasteiger partial charge < -0.3 is 4.90 Å². The summed E-state index contributed by atoms with van der Waals surface area (Å²) in [5.74, 6) is 2.12. The van der Waals surface area contributed by atoms with E-state index in [1.807, 2.05) is 0 Å². The summed E-state index contributed by atoms with van der Waals surface area (Å²) >= 11 is 5.60. The molecule has 3 rings (SSSR count). The second kappa shape index (κ2) is 10.0. The monoisotopic (exact) mass is 363 g/mol. The first kappa shape index (κ1) is 19.3. The maximum atomic E-state index is 12.7. The Labute approximate surface area is 160 Å². The Balaban J connectivity index is 1.33. The van der Waals surface area contributed by atoms with Crippen LogP contribution in [-0.2, 0) is 4.79 Å². The van der Waals surface area contributed by atoms with Gasteiger partial charge in [0.1, 0.15) is 0 Å².